The summed E-state index contributed by atoms with van der Waals surface area (Å²) < 4.78 is 0. The number of amides is 1. The summed E-state index contributed by atoms with van der Waals surface area (Å²) in [6, 6.07) is 8.88. The molecule has 1 aliphatic rings. The Morgan fingerprint density at radius 2 is 2.06 bits per heavy atom. The van der Waals surface area contributed by atoms with Gasteiger partial charge < -0.3 is 5.11 Å². The SMILES string of the molecule is O=C(NOCC1(CO)CC1)c1ccccc1. The normalized spacial score (nSPS) is 16.8. The molecular formula is C12H15NO3. The molecule has 1 aromatic rings. The van der Waals surface area contributed by atoms with Crippen LogP contribution in [0.3, 0.4) is 0 Å². The molecule has 2 rings (SSSR count). The van der Waals surface area contributed by atoms with Gasteiger partial charge in [0.2, 0.25) is 0 Å². The number of aliphatic hydroxyl groups is 1. The number of carbonyl (C=O) groups excluding carboxylic acids is 1. The molecule has 2 N–H and O–H groups in total. The number of hydrogen-bond acceptors (Lipinski definition) is 3. The molecule has 0 heterocycles. The molecule has 0 radical (unpaired) electrons. The minimum absolute atomic E-state index is 0.107. The highest BCUT2D eigenvalue weighted by Crippen LogP contribution is 2.44. The quantitative estimate of drug-likeness (QED) is 0.732. The van der Waals surface area contributed by atoms with E-state index in [9.17, 15) is 4.79 Å². The monoisotopic (exact) mass is 221 g/mol. The minimum Gasteiger partial charge on any atom is -0.396 e. The van der Waals surface area contributed by atoms with Crippen LogP contribution < -0.4 is 5.48 Å². The summed E-state index contributed by atoms with van der Waals surface area (Å²) in [7, 11) is 0. The van der Waals surface area contributed by atoms with Gasteiger partial charge in [-0.3, -0.25) is 9.63 Å². The molecule has 0 aliphatic heterocycles. The van der Waals surface area contributed by atoms with Gasteiger partial charge in [-0.05, 0) is 25.0 Å². The lowest BCUT2D eigenvalue weighted by Gasteiger charge is -2.11. The van der Waals surface area contributed by atoms with Crippen LogP contribution in [0.15, 0.2) is 30.3 Å². The van der Waals surface area contributed by atoms with Crippen molar-refractivity contribution in [3.05, 3.63) is 35.9 Å². The smallest absolute Gasteiger partial charge is 0.274 e. The number of hydrogen-bond donors (Lipinski definition) is 2. The Hall–Kier alpha value is -1.39. The molecule has 0 aromatic heterocycles. The third-order valence-corrected chi connectivity index (χ3v) is 2.87. The zero-order valence-electron chi connectivity index (χ0n) is 8.98. The van der Waals surface area contributed by atoms with E-state index >= 15 is 0 Å². The Kier molecular flexibility index (Phi) is 3.22. The number of nitrogens with one attached hydrogen (secondary N) is 1. The molecular weight excluding hydrogens is 206 g/mol. The van der Waals surface area contributed by atoms with Crippen LogP contribution in [0.25, 0.3) is 0 Å². The Morgan fingerprint density at radius 3 is 2.62 bits per heavy atom. The van der Waals surface area contributed by atoms with Crippen LogP contribution >= 0.6 is 0 Å². The zero-order chi connectivity index (χ0) is 11.4. The van der Waals surface area contributed by atoms with Crippen molar-refractivity contribution in [3.63, 3.8) is 0 Å². The van der Waals surface area contributed by atoms with Crippen molar-refractivity contribution in [2.75, 3.05) is 13.2 Å². The number of aliphatic hydroxyl groups excluding tert-OH is 1. The lowest BCUT2D eigenvalue weighted by molar-refractivity contribution is -0.0000685. The van der Waals surface area contributed by atoms with E-state index in [4.69, 9.17) is 9.94 Å². The first-order chi connectivity index (χ1) is 7.76. The van der Waals surface area contributed by atoms with Crippen molar-refractivity contribution in [1.29, 1.82) is 0 Å². The highest BCUT2D eigenvalue weighted by molar-refractivity contribution is 5.93. The van der Waals surface area contributed by atoms with Crippen LogP contribution in [0.2, 0.25) is 0 Å². The van der Waals surface area contributed by atoms with Gasteiger partial charge in [0.25, 0.3) is 5.91 Å². The molecule has 1 amide bonds. The van der Waals surface area contributed by atoms with Crippen LogP contribution in [0, 0.1) is 5.41 Å². The van der Waals surface area contributed by atoms with E-state index in [0.717, 1.165) is 12.8 Å². The van der Waals surface area contributed by atoms with Crippen molar-refractivity contribution < 1.29 is 14.7 Å². The van der Waals surface area contributed by atoms with E-state index in [1.165, 1.54) is 0 Å². The van der Waals surface area contributed by atoms with E-state index in [1.54, 1.807) is 24.3 Å². The van der Waals surface area contributed by atoms with Crippen LogP contribution in [-0.4, -0.2) is 24.2 Å². The molecule has 1 saturated carbocycles. The maximum absolute atomic E-state index is 11.5. The van der Waals surface area contributed by atoms with E-state index < -0.39 is 0 Å². The molecule has 0 bridgehead atoms. The molecule has 16 heavy (non-hydrogen) atoms. The zero-order valence-corrected chi connectivity index (χ0v) is 8.98. The largest absolute Gasteiger partial charge is 0.396 e. The van der Waals surface area contributed by atoms with E-state index in [-0.39, 0.29) is 17.9 Å². The predicted molar refractivity (Wildman–Crippen MR) is 58.6 cm³/mol. The molecule has 1 fully saturated rings. The number of hydroxylamine groups is 1. The van der Waals surface area contributed by atoms with Crippen molar-refractivity contribution in [2.45, 2.75) is 12.8 Å². The van der Waals surface area contributed by atoms with Crippen molar-refractivity contribution in [2.24, 2.45) is 5.41 Å². The Morgan fingerprint density at radius 1 is 1.38 bits per heavy atom. The molecule has 0 unspecified atom stereocenters. The summed E-state index contributed by atoms with van der Waals surface area (Å²) in [4.78, 5) is 16.6. The fourth-order valence-corrected chi connectivity index (χ4v) is 1.43. The lowest BCUT2D eigenvalue weighted by Crippen LogP contribution is -2.28. The maximum atomic E-state index is 11.5. The Balaban J connectivity index is 1.76. The Labute approximate surface area is 94.2 Å². The van der Waals surface area contributed by atoms with Crippen LogP contribution in [0.1, 0.15) is 23.2 Å². The van der Waals surface area contributed by atoms with Gasteiger partial charge in [-0.2, -0.15) is 0 Å². The van der Waals surface area contributed by atoms with Gasteiger partial charge in [-0.1, -0.05) is 18.2 Å². The second-order valence-electron chi connectivity index (χ2n) is 4.24. The summed E-state index contributed by atoms with van der Waals surface area (Å²) >= 11 is 0. The first kappa shape index (κ1) is 11.1. The van der Waals surface area contributed by atoms with Gasteiger partial charge >= 0.3 is 0 Å². The van der Waals surface area contributed by atoms with Gasteiger partial charge in [0, 0.05) is 11.0 Å². The summed E-state index contributed by atoms with van der Waals surface area (Å²) in [5.74, 6) is -0.255. The molecule has 1 aromatic carbocycles. The number of carbonyl (C=O) groups is 1. The van der Waals surface area contributed by atoms with Gasteiger partial charge in [-0.15, -0.1) is 0 Å². The molecule has 1 aliphatic carbocycles. The molecule has 0 spiro atoms. The average Bonchev–Trinajstić information content (AvgIpc) is 3.11. The predicted octanol–water partition coefficient (Wildman–Crippen LogP) is 1.12. The van der Waals surface area contributed by atoms with Gasteiger partial charge in [0.15, 0.2) is 0 Å². The maximum Gasteiger partial charge on any atom is 0.274 e. The van der Waals surface area contributed by atoms with E-state index in [0.29, 0.717) is 12.2 Å². The second-order valence-corrected chi connectivity index (χ2v) is 4.24. The summed E-state index contributed by atoms with van der Waals surface area (Å²) in [6.45, 7) is 0.496. The molecule has 86 valence electrons. The van der Waals surface area contributed by atoms with E-state index in [1.807, 2.05) is 6.07 Å². The van der Waals surface area contributed by atoms with E-state index in [2.05, 4.69) is 5.48 Å². The number of rotatable bonds is 5. The van der Waals surface area contributed by atoms with Crippen molar-refractivity contribution in [3.8, 4) is 0 Å². The molecule has 0 saturated heterocycles. The van der Waals surface area contributed by atoms with Gasteiger partial charge in [-0.25, -0.2) is 5.48 Å². The third kappa shape index (κ3) is 2.59. The minimum atomic E-state index is -0.255. The second kappa shape index (κ2) is 4.63. The van der Waals surface area contributed by atoms with Crippen LogP contribution in [-0.2, 0) is 4.84 Å². The Bertz CT molecular complexity index is 360. The van der Waals surface area contributed by atoms with Crippen molar-refractivity contribution >= 4 is 5.91 Å². The molecule has 0 atom stereocenters. The highest BCUT2D eigenvalue weighted by Gasteiger charge is 2.42. The van der Waals surface area contributed by atoms with Crippen molar-refractivity contribution in [1.82, 2.24) is 5.48 Å². The highest BCUT2D eigenvalue weighted by atomic mass is 16.7. The molecule has 4 heteroatoms. The average molecular weight is 221 g/mol. The van der Waals surface area contributed by atoms with Gasteiger partial charge in [0.05, 0.1) is 13.2 Å². The first-order valence-corrected chi connectivity index (χ1v) is 5.34. The summed E-state index contributed by atoms with van der Waals surface area (Å²) in [5.41, 5.74) is 2.84. The van der Waals surface area contributed by atoms with Gasteiger partial charge in [0.1, 0.15) is 0 Å². The summed E-state index contributed by atoms with van der Waals surface area (Å²) in [6.07, 6.45) is 1.93. The lowest BCUT2D eigenvalue weighted by atomic mass is 10.1. The fourth-order valence-electron chi connectivity index (χ4n) is 1.43. The summed E-state index contributed by atoms with van der Waals surface area (Å²) in [5, 5.41) is 9.05. The topological polar surface area (TPSA) is 58.6 Å². The first-order valence-electron chi connectivity index (χ1n) is 5.34. The van der Waals surface area contributed by atoms with Crippen LogP contribution in [0.5, 0.6) is 0 Å². The molecule has 4 nitrogen and oxygen atoms in total. The number of benzene rings is 1. The van der Waals surface area contributed by atoms with Crippen LogP contribution in [0.4, 0.5) is 0 Å². The standard InChI is InChI=1S/C12H15NO3/c14-8-12(6-7-12)9-16-13-11(15)10-4-2-1-3-5-10/h1-5,14H,6-9H2,(H,13,15). The third-order valence-electron chi connectivity index (χ3n) is 2.87. The fraction of sp³-hybridized carbons (Fsp3) is 0.417.